The molecule has 21 heavy (non-hydrogen) atoms. The third-order valence-electron chi connectivity index (χ3n) is 3.34. The number of rotatable bonds is 5. The molecule has 5 nitrogen and oxygen atoms in total. The maximum atomic E-state index is 12.4. The number of carbonyl (C=O) groups is 1. The van der Waals surface area contributed by atoms with Gasteiger partial charge in [-0.25, -0.2) is 8.42 Å². The molecule has 0 aliphatic rings. The zero-order valence-corrected chi connectivity index (χ0v) is 14.2. The van der Waals surface area contributed by atoms with Crippen LogP contribution < -0.4 is 4.72 Å². The summed E-state index contributed by atoms with van der Waals surface area (Å²) in [4.78, 5) is 11.7. The lowest BCUT2D eigenvalue weighted by atomic mass is 10.0. The molecule has 6 heteroatoms. The second-order valence-corrected chi connectivity index (χ2v) is 7.16. The Morgan fingerprint density at radius 1 is 1.14 bits per heavy atom. The molecular weight excluding hydrogens is 290 g/mol. The summed E-state index contributed by atoms with van der Waals surface area (Å²) in [6.07, 6.45) is -0.272. The van der Waals surface area contributed by atoms with Gasteiger partial charge in [0, 0.05) is 0 Å². The highest BCUT2D eigenvalue weighted by atomic mass is 32.2. The van der Waals surface area contributed by atoms with E-state index in [2.05, 4.69) is 4.72 Å². The molecule has 0 spiro atoms. The van der Waals surface area contributed by atoms with Crippen LogP contribution in [-0.2, 0) is 19.6 Å². The fourth-order valence-corrected chi connectivity index (χ4v) is 3.69. The van der Waals surface area contributed by atoms with Crippen LogP contribution in [0.4, 0.5) is 0 Å². The molecule has 1 aromatic rings. The fraction of sp³-hybridized carbons (Fsp3) is 0.533. The zero-order valence-electron chi connectivity index (χ0n) is 13.4. The van der Waals surface area contributed by atoms with Crippen molar-refractivity contribution in [3.8, 4) is 0 Å². The van der Waals surface area contributed by atoms with Crippen molar-refractivity contribution < 1.29 is 17.9 Å². The van der Waals surface area contributed by atoms with Gasteiger partial charge in [-0.15, -0.1) is 0 Å². The van der Waals surface area contributed by atoms with E-state index < -0.39 is 16.0 Å². The Morgan fingerprint density at radius 2 is 1.62 bits per heavy atom. The Morgan fingerprint density at radius 3 is 2.05 bits per heavy atom. The van der Waals surface area contributed by atoms with Gasteiger partial charge in [0.25, 0.3) is 0 Å². The number of benzene rings is 1. The third-order valence-corrected chi connectivity index (χ3v) is 5.01. The Kier molecular flexibility index (Phi) is 5.53. The molecule has 0 atom stereocenters. The van der Waals surface area contributed by atoms with E-state index in [0.717, 1.165) is 11.1 Å². The minimum absolute atomic E-state index is 0.248. The van der Waals surface area contributed by atoms with Gasteiger partial charge in [-0.3, -0.25) is 4.79 Å². The highest BCUT2D eigenvalue weighted by molar-refractivity contribution is 7.89. The van der Waals surface area contributed by atoms with Gasteiger partial charge in [0.15, 0.2) is 0 Å². The lowest BCUT2D eigenvalue weighted by Gasteiger charge is -2.16. The molecule has 0 saturated carbocycles. The Bertz CT molecular complexity index is 622. The van der Waals surface area contributed by atoms with Crippen molar-refractivity contribution >= 4 is 16.0 Å². The molecule has 0 radical (unpaired) electrons. The summed E-state index contributed by atoms with van der Waals surface area (Å²) in [6.45, 7) is 10.3. The van der Waals surface area contributed by atoms with Gasteiger partial charge in [0.2, 0.25) is 10.0 Å². The van der Waals surface area contributed by atoms with Crippen LogP contribution in [0.2, 0.25) is 0 Å². The molecule has 0 fully saturated rings. The topological polar surface area (TPSA) is 72.5 Å². The number of esters is 1. The molecule has 0 aliphatic heterocycles. The summed E-state index contributed by atoms with van der Waals surface area (Å²) in [5.74, 6) is -0.590. The maximum Gasteiger partial charge on any atom is 0.321 e. The van der Waals surface area contributed by atoms with Crippen molar-refractivity contribution in [1.29, 1.82) is 0 Å². The molecule has 118 valence electrons. The monoisotopic (exact) mass is 313 g/mol. The zero-order chi connectivity index (χ0) is 16.4. The number of carbonyl (C=O) groups excluding carboxylic acids is 1. The molecule has 0 unspecified atom stereocenters. The predicted molar refractivity (Wildman–Crippen MR) is 81.8 cm³/mol. The van der Waals surface area contributed by atoms with Crippen molar-refractivity contribution in [2.24, 2.45) is 0 Å². The van der Waals surface area contributed by atoms with Crippen molar-refractivity contribution in [2.75, 3.05) is 6.54 Å². The van der Waals surface area contributed by atoms with Crippen LogP contribution in [0.3, 0.4) is 0 Å². The van der Waals surface area contributed by atoms with E-state index >= 15 is 0 Å². The third kappa shape index (κ3) is 4.28. The van der Waals surface area contributed by atoms with E-state index in [-0.39, 0.29) is 17.5 Å². The molecule has 0 heterocycles. The molecule has 1 N–H and O–H groups in total. The molecule has 1 rings (SSSR count). The van der Waals surface area contributed by atoms with Gasteiger partial charge in [-0.1, -0.05) is 6.07 Å². The van der Waals surface area contributed by atoms with Crippen LogP contribution in [0.5, 0.6) is 0 Å². The van der Waals surface area contributed by atoms with Crippen LogP contribution >= 0.6 is 0 Å². The summed E-state index contributed by atoms with van der Waals surface area (Å²) < 4.78 is 32.1. The second-order valence-electron chi connectivity index (χ2n) is 5.45. The molecule has 0 amide bonds. The fourth-order valence-electron chi connectivity index (χ4n) is 2.11. The maximum absolute atomic E-state index is 12.4. The van der Waals surface area contributed by atoms with Crippen LogP contribution in [0.15, 0.2) is 11.0 Å². The highest BCUT2D eigenvalue weighted by Crippen LogP contribution is 2.25. The number of ether oxygens (including phenoxy) is 1. The van der Waals surface area contributed by atoms with Crippen molar-refractivity contribution in [3.63, 3.8) is 0 Å². The molecule has 0 aromatic heterocycles. The lowest BCUT2D eigenvalue weighted by molar-refractivity contribution is -0.145. The average molecular weight is 313 g/mol. The number of hydrogen-bond donors (Lipinski definition) is 1. The molecular formula is C15H23NO4S. The van der Waals surface area contributed by atoms with E-state index in [1.165, 1.54) is 0 Å². The second kappa shape index (κ2) is 6.58. The quantitative estimate of drug-likeness (QED) is 0.845. The van der Waals surface area contributed by atoms with E-state index in [9.17, 15) is 13.2 Å². The molecule has 0 saturated heterocycles. The SMILES string of the molecule is Cc1cc(C)c(C)c(S(=O)(=O)NCC(=O)OC(C)C)c1C. The molecule has 0 bridgehead atoms. The van der Waals surface area contributed by atoms with Crippen molar-refractivity contribution in [1.82, 2.24) is 4.72 Å². The van der Waals surface area contributed by atoms with Crippen molar-refractivity contribution in [3.05, 3.63) is 28.3 Å². The summed E-state index contributed by atoms with van der Waals surface area (Å²) in [5, 5.41) is 0. The number of aryl methyl sites for hydroxylation is 2. The summed E-state index contributed by atoms with van der Waals surface area (Å²) in [7, 11) is -3.75. The summed E-state index contributed by atoms with van der Waals surface area (Å²) >= 11 is 0. The normalized spacial score (nSPS) is 11.8. The molecule has 0 aliphatic carbocycles. The minimum Gasteiger partial charge on any atom is -0.462 e. The van der Waals surface area contributed by atoms with Crippen LogP contribution in [0.25, 0.3) is 0 Å². The number of nitrogens with one attached hydrogen (secondary N) is 1. The van der Waals surface area contributed by atoms with E-state index in [1.807, 2.05) is 19.9 Å². The number of sulfonamides is 1. The number of hydrogen-bond acceptors (Lipinski definition) is 4. The van der Waals surface area contributed by atoms with Crippen LogP contribution in [-0.4, -0.2) is 27.0 Å². The highest BCUT2D eigenvalue weighted by Gasteiger charge is 2.23. The first kappa shape index (κ1) is 17.7. The first-order chi connectivity index (χ1) is 9.56. The van der Waals surface area contributed by atoms with Crippen LogP contribution in [0, 0.1) is 27.7 Å². The van der Waals surface area contributed by atoms with Gasteiger partial charge in [0.1, 0.15) is 6.54 Å². The largest absolute Gasteiger partial charge is 0.462 e. The summed E-state index contributed by atoms with van der Waals surface area (Å²) in [5.41, 5.74) is 3.21. The minimum atomic E-state index is -3.75. The van der Waals surface area contributed by atoms with E-state index in [0.29, 0.717) is 11.1 Å². The first-order valence-corrected chi connectivity index (χ1v) is 8.31. The Balaban J connectivity index is 3.07. The van der Waals surface area contributed by atoms with Gasteiger partial charge >= 0.3 is 5.97 Å². The smallest absolute Gasteiger partial charge is 0.321 e. The van der Waals surface area contributed by atoms with Gasteiger partial charge in [0.05, 0.1) is 11.0 Å². The van der Waals surface area contributed by atoms with Crippen LogP contribution in [0.1, 0.15) is 36.1 Å². The Hall–Kier alpha value is -1.40. The standard InChI is InChI=1S/C15H23NO4S/c1-9(2)20-14(17)8-16-21(18,19)15-12(5)10(3)7-11(4)13(15)6/h7,9,16H,8H2,1-6H3. The van der Waals surface area contributed by atoms with E-state index in [1.54, 1.807) is 27.7 Å². The van der Waals surface area contributed by atoms with Gasteiger partial charge in [-0.2, -0.15) is 4.72 Å². The van der Waals surface area contributed by atoms with Crippen molar-refractivity contribution in [2.45, 2.75) is 52.5 Å². The van der Waals surface area contributed by atoms with E-state index in [4.69, 9.17) is 4.74 Å². The van der Waals surface area contributed by atoms with Gasteiger partial charge < -0.3 is 4.74 Å². The van der Waals surface area contributed by atoms with Gasteiger partial charge in [-0.05, 0) is 63.8 Å². The predicted octanol–water partition coefficient (Wildman–Crippen LogP) is 2.15. The average Bonchev–Trinajstić information content (AvgIpc) is 2.33. The lowest BCUT2D eigenvalue weighted by Crippen LogP contribution is -2.32. The summed E-state index contributed by atoms with van der Waals surface area (Å²) in [6, 6.07) is 1.96. The molecule has 1 aromatic carbocycles. The first-order valence-electron chi connectivity index (χ1n) is 6.82. The Labute approximate surface area is 126 Å².